The van der Waals surface area contributed by atoms with E-state index in [0.29, 0.717) is 12.8 Å². The Balaban J connectivity index is 1.33. The lowest BCUT2D eigenvalue weighted by molar-refractivity contribution is -0.379. The molecule has 0 aliphatic carbocycles. The summed E-state index contributed by atoms with van der Waals surface area (Å²) in [6, 6.07) is -0.991. The summed E-state index contributed by atoms with van der Waals surface area (Å²) < 4.78 is 34.3. The van der Waals surface area contributed by atoms with Gasteiger partial charge in [-0.05, 0) is 77.0 Å². The third-order valence-corrected chi connectivity index (χ3v) is 17.4. The highest BCUT2D eigenvalue weighted by Gasteiger charge is 2.53. The molecule has 3 aliphatic heterocycles. The van der Waals surface area contributed by atoms with Crippen LogP contribution in [0.1, 0.15) is 239 Å². The summed E-state index contributed by atoms with van der Waals surface area (Å²) in [5.41, 5.74) is 0. The summed E-state index contributed by atoms with van der Waals surface area (Å²) in [5.74, 6) is -0.287. The smallest absolute Gasteiger partial charge is 0.220 e. The van der Waals surface area contributed by atoms with Crippen LogP contribution in [0, 0.1) is 0 Å². The van der Waals surface area contributed by atoms with Gasteiger partial charge in [0.05, 0.1) is 38.6 Å². The molecule has 0 spiro atoms. The van der Waals surface area contributed by atoms with E-state index in [1.54, 1.807) is 6.08 Å². The molecule has 3 rings (SSSR count). The predicted molar refractivity (Wildman–Crippen MR) is 360 cm³/mol. The van der Waals surface area contributed by atoms with E-state index < -0.39 is 124 Å². The van der Waals surface area contributed by atoms with E-state index in [0.717, 1.165) is 70.6 Å². The number of hydrogen-bond acceptors (Lipinski definition) is 18. The molecular formula is C73H127NO18. The number of hydrogen-bond donors (Lipinski definition) is 12. The summed E-state index contributed by atoms with van der Waals surface area (Å²) in [6.45, 7) is 1.57. The maximum Gasteiger partial charge on any atom is 0.220 e. The third kappa shape index (κ3) is 35.3. The average molecular weight is 1310 g/mol. The summed E-state index contributed by atoms with van der Waals surface area (Å²) in [4.78, 5) is 13.4. The van der Waals surface area contributed by atoms with Crippen molar-refractivity contribution in [2.45, 2.75) is 343 Å². The zero-order chi connectivity index (χ0) is 66.8. The molecule has 12 N–H and O–H groups in total. The van der Waals surface area contributed by atoms with E-state index >= 15 is 0 Å². The molecule has 0 aromatic heterocycles. The van der Waals surface area contributed by atoms with Crippen molar-refractivity contribution in [2.24, 2.45) is 0 Å². The lowest BCUT2D eigenvalue weighted by Crippen LogP contribution is -2.66. The van der Waals surface area contributed by atoms with Crippen molar-refractivity contribution in [3.05, 3.63) is 85.1 Å². The number of aliphatic hydroxyl groups excluding tert-OH is 11. The first-order valence-corrected chi connectivity index (χ1v) is 35.8. The Hall–Kier alpha value is -3.03. The first-order chi connectivity index (χ1) is 44.8. The highest BCUT2D eigenvalue weighted by molar-refractivity contribution is 5.76. The molecule has 532 valence electrons. The number of carbonyl (C=O) groups excluding carboxylic acids is 1. The highest BCUT2D eigenvalue weighted by atomic mass is 16.8. The van der Waals surface area contributed by atoms with Gasteiger partial charge in [-0.25, -0.2) is 0 Å². The van der Waals surface area contributed by atoms with Gasteiger partial charge in [-0.15, -0.1) is 0 Å². The van der Waals surface area contributed by atoms with E-state index in [9.17, 15) is 61.0 Å². The van der Waals surface area contributed by atoms with Crippen LogP contribution in [0.2, 0.25) is 0 Å². The molecule has 0 aromatic carbocycles. The Morgan fingerprint density at radius 1 is 0.402 bits per heavy atom. The Labute approximate surface area is 552 Å². The van der Waals surface area contributed by atoms with Crippen LogP contribution in [0.3, 0.4) is 0 Å². The van der Waals surface area contributed by atoms with Gasteiger partial charge in [0.2, 0.25) is 5.91 Å². The minimum absolute atomic E-state index is 0.234. The number of rotatable bonds is 54. The lowest BCUT2D eigenvalue weighted by Gasteiger charge is -2.48. The molecule has 92 heavy (non-hydrogen) atoms. The van der Waals surface area contributed by atoms with E-state index in [2.05, 4.69) is 92.1 Å². The van der Waals surface area contributed by atoms with E-state index in [1.807, 2.05) is 6.08 Å². The standard InChI is InChI=1S/C73H127NO18/c1-3-5-7-9-11-13-15-17-18-19-20-21-22-23-24-25-26-27-28-29-30-31-32-33-34-35-36-37-38-39-41-43-45-47-49-51-61(79)74-56(57(78)50-48-46-44-42-40-16-14-12-10-8-6-4-2)55-87-71-67(85)64(82)69(59(53-76)89-71)92-73-68(86)65(83)70(60(54-77)90-73)91-72-66(84)63(81)62(80)58(52-75)88-72/h5,7,11,13,17-18,20-21,23-24,40,42,48,50,56-60,62-73,75-78,80-86H,3-4,6,8-10,12,14-16,19,22,25-39,41,43-47,49,51-55H2,1-2H3,(H,74,79)/b7-5-,13-11-,18-17-,21-20-,24-23-,42-40+,50-48+. The molecule has 17 unspecified atom stereocenters. The van der Waals surface area contributed by atoms with Crippen molar-refractivity contribution < 1.29 is 89.4 Å². The van der Waals surface area contributed by atoms with Crippen LogP contribution in [-0.4, -0.2) is 193 Å². The van der Waals surface area contributed by atoms with Gasteiger partial charge in [-0.2, -0.15) is 0 Å². The SMILES string of the molecule is CC/C=C\C/C=C\C/C=C\C/C=C\C/C=C\CCCCCCCCCCCCCCCCCCCCCC(=O)NC(COC1OC(CO)C(OC2OC(CO)C(OC3OC(CO)C(O)C(O)C3O)C(O)C2O)C(O)C1O)C(O)/C=C/CC/C=C/CCCCCCCC. The van der Waals surface area contributed by atoms with Crippen LogP contribution < -0.4 is 5.32 Å². The fourth-order valence-electron chi connectivity index (χ4n) is 11.6. The van der Waals surface area contributed by atoms with E-state index in [-0.39, 0.29) is 18.9 Å². The molecule has 0 saturated carbocycles. The van der Waals surface area contributed by atoms with Crippen LogP contribution >= 0.6 is 0 Å². The number of nitrogens with one attached hydrogen (secondary N) is 1. The summed E-state index contributed by atoms with van der Waals surface area (Å²) in [5, 5.41) is 120. The van der Waals surface area contributed by atoms with Crippen LogP contribution in [0.5, 0.6) is 0 Å². The molecule has 19 heteroatoms. The van der Waals surface area contributed by atoms with Gasteiger partial charge < -0.3 is 89.9 Å². The minimum atomic E-state index is -1.98. The second-order valence-electron chi connectivity index (χ2n) is 25.3. The predicted octanol–water partition coefficient (Wildman–Crippen LogP) is 9.88. The lowest BCUT2D eigenvalue weighted by atomic mass is 9.96. The number of unbranched alkanes of at least 4 members (excludes halogenated alkanes) is 26. The molecule has 17 atom stereocenters. The Kier molecular flexibility index (Phi) is 48.9. The number of allylic oxidation sites excluding steroid dienone is 13. The van der Waals surface area contributed by atoms with Gasteiger partial charge in [0, 0.05) is 6.42 Å². The van der Waals surface area contributed by atoms with Crippen molar-refractivity contribution in [3.8, 4) is 0 Å². The molecule has 0 radical (unpaired) electrons. The summed E-state index contributed by atoms with van der Waals surface area (Å²) >= 11 is 0. The number of ether oxygens (including phenoxy) is 6. The van der Waals surface area contributed by atoms with Crippen molar-refractivity contribution in [1.29, 1.82) is 0 Å². The normalized spacial score (nSPS) is 28.2. The average Bonchev–Trinajstić information content (AvgIpc) is 0.830. The molecule has 19 nitrogen and oxygen atoms in total. The molecule has 0 aromatic rings. The first-order valence-electron chi connectivity index (χ1n) is 35.8. The maximum atomic E-state index is 13.4. The maximum absolute atomic E-state index is 13.4. The number of carbonyl (C=O) groups is 1. The van der Waals surface area contributed by atoms with Crippen LogP contribution in [0.4, 0.5) is 0 Å². The zero-order valence-corrected chi connectivity index (χ0v) is 56.3. The van der Waals surface area contributed by atoms with Gasteiger partial charge in [-0.3, -0.25) is 4.79 Å². The molecular weight excluding hydrogens is 1180 g/mol. The monoisotopic (exact) mass is 1310 g/mol. The highest BCUT2D eigenvalue weighted by Crippen LogP contribution is 2.33. The number of aliphatic hydroxyl groups is 11. The van der Waals surface area contributed by atoms with Crippen molar-refractivity contribution in [2.75, 3.05) is 26.4 Å². The van der Waals surface area contributed by atoms with Crippen LogP contribution in [0.25, 0.3) is 0 Å². The molecule has 3 saturated heterocycles. The fourth-order valence-corrected chi connectivity index (χ4v) is 11.6. The van der Waals surface area contributed by atoms with Gasteiger partial charge >= 0.3 is 0 Å². The molecule has 1 amide bonds. The topological polar surface area (TPSA) is 307 Å². The summed E-state index contributed by atoms with van der Waals surface area (Å²) in [7, 11) is 0. The van der Waals surface area contributed by atoms with Crippen LogP contribution in [0.15, 0.2) is 85.1 Å². The Bertz CT molecular complexity index is 2000. The second-order valence-corrected chi connectivity index (χ2v) is 25.3. The Morgan fingerprint density at radius 2 is 0.761 bits per heavy atom. The molecule has 0 bridgehead atoms. The third-order valence-electron chi connectivity index (χ3n) is 17.4. The minimum Gasteiger partial charge on any atom is -0.394 e. The van der Waals surface area contributed by atoms with Gasteiger partial charge in [0.25, 0.3) is 0 Å². The zero-order valence-electron chi connectivity index (χ0n) is 56.3. The quantitative estimate of drug-likeness (QED) is 0.0199. The second kappa shape index (κ2) is 54.0. The fraction of sp³-hybridized carbons (Fsp3) is 0.795. The van der Waals surface area contributed by atoms with E-state index in [1.165, 1.54) is 135 Å². The summed E-state index contributed by atoms with van der Waals surface area (Å²) in [6.07, 6.45) is 43.1. The van der Waals surface area contributed by atoms with E-state index in [4.69, 9.17) is 28.4 Å². The van der Waals surface area contributed by atoms with Gasteiger partial charge in [0.1, 0.15) is 73.2 Å². The van der Waals surface area contributed by atoms with Crippen molar-refractivity contribution in [1.82, 2.24) is 5.32 Å². The van der Waals surface area contributed by atoms with Crippen molar-refractivity contribution in [3.63, 3.8) is 0 Å². The molecule has 3 fully saturated rings. The first kappa shape index (κ1) is 83.2. The number of amides is 1. The molecule has 3 aliphatic rings. The van der Waals surface area contributed by atoms with Crippen LogP contribution in [-0.2, 0) is 33.2 Å². The molecule has 3 heterocycles. The Morgan fingerprint density at radius 3 is 1.22 bits per heavy atom. The largest absolute Gasteiger partial charge is 0.394 e. The van der Waals surface area contributed by atoms with Crippen molar-refractivity contribution >= 4 is 5.91 Å². The van der Waals surface area contributed by atoms with Gasteiger partial charge in [-0.1, -0.05) is 240 Å². The van der Waals surface area contributed by atoms with Gasteiger partial charge in [0.15, 0.2) is 18.9 Å².